The topological polar surface area (TPSA) is 32.3 Å². The molecule has 1 unspecified atom stereocenters. The number of nitrogens with one attached hydrogen (secondary N) is 1. The van der Waals surface area contributed by atoms with Crippen molar-refractivity contribution in [3.05, 3.63) is 29.3 Å². The van der Waals surface area contributed by atoms with E-state index >= 15 is 0 Å². The number of thioether (sulfide) groups is 1. The van der Waals surface area contributed by atoms with E-state index in [2.05, 4.69) is 5.32 Å². The van der Waals surface area contributed by atoms with E-state index < -0.39 is 11.6 Å². The van der Waals surface area contributed by atoms with Crippen LogP contribution in [0.25, 0.3) is 0 Å². The van der Waals surface area contributed by atoms with E-state index in [4.69, 9.17) is 5.11 Å². The Bertz CT molecular complexity index is 414. The van der Waals surface area contributed by atoms with Crippen molar-refractivity contribution in [2.24, 2.45) is 0 Å². The zero-order chi connectivity index (χ0) is 13.8. The third kappa shape index (κ3) is 4.44. The SMILES string of the molecule is CC(CCO)Sc1c(F)cc(CNC2CC2)cc1F. The minimum atomic E-state index is -0.512. The molecule has 0 heterocycles. The summed E-state index contributed by atoms with van der Waals surface area (Å²) in [5.41, 5.74) is 0.640. The number of aliphatic hydroxyl groups is 1. The largest absolute Gasteiger partial charge is 0.396 e. The molecule has 1 aromatic rings. The molecule has 1 saturated carbocycles. The summed E-state index contributed by atoms with van der Waals surface area (Å²) in [6, 6.07) is 3.31. The van der Waals surface area contributed by atoms with Gasteiger partial charge < -0.3 is 10.4 Å². The van der Waals surface area contributed by atoms with Gasteiger partial charge in [0.15, 0.2) is 0 Å². The van der Waals surface area contributed by atoms with Gasteiger partial charge in [0.05, 0.1) is 4.90 Å². The van der Waals surface area contributed by atoms with Crippen molar-refractivity contribution < 1.29 is 13.9 Å². The average molecular weight is 287 g/mol. The lowest BCUT2D eigenvalue weighted by molar-refractivity contribution is 0.289. The summed E-state index contributed by atoms with van der Waals surface area (Å²) < 4.78 is 27.8. The highest BCUT2D eigenvalue weighted by Crippen LogP contribution is 2.31. The maximum absolute atomic E-state index is 13.9. The fourth-order valence-electron chi connectivity index (χ4n) is 1.82. The molecule has 0 radical (unpaired) electrons. The zero-order valence-corrected chi connectivity index (χ0v) is 11.8. The molecule has 0 saturated heterocycles. The lowest BCUT2D eigenvalue weighted by atomic mass is 10.2. The van der Waals surface area contributed by atoms with Crippen LogP contribution < -0.4 is 5.32 Å². The number of aliphatic hydroxyl groups excluding tert-OH is 1. The molecule has 1 aliphatic carbocycles. The van der Waals surface area contributed by atoms with Gasteiger partial charge in [0.2, 0.25) is 0 Å². The average Bonchev–Trinajstić information content (AvgIpc) is 3.15. The number of benzene rings is 1. The van der Waals surface area contributed by atoms with E-state index in [1.54, 1.807) is 0 Å². The Labute approximate surface area is 116 Å². The number of hydrogen-bond acceptors (Lipinski definition) is 3. The molecule has 2 rings (SSSR count). The van der Waals surface area contributed by atoms with Gasteiger partial charge in [-0.3, -0.25) is 0 Å². The molecular formula is C14H19F2NOS. The van der Waals surface area contributed by atoms with Crippen molar-refractivity contribution in [2.45, 2.75) is 48.9 Å². The Morgan fingerprint density at radius 2 is 2.00 bits per heavy atom. The maximum Gasteiger partial charge on any atom is 0.140 e. The molecule has 0 aromatic heterocycles. The van der Waals surface area contributed by atoms with Crippen LogP contribution >= 0.6 is 11.8 Å². The van der Waals surface area contributed by atoms with E-state index in [1.165, 1.54) is 12.1 Å². The highest BCUT2D eigenvalue weighted by atomic mass is 32.2. The summed E-state index contributed by atoms with van der Waals surface area (Å²) in [6.07, 6.45) is 2.82. The van der Waals surface area contributed by atoms with Gasteiger partial charge in [-0.25, -0.2) is 8.78 Å². The minimum absolute atomic E-state index is 0.00978. The molecule has 0 spiro atoms. The first kappa shape index (κ1) is 14.8. The number of halogens is 2. The van der Waals surface area contributed by atoms with Crippen LogP contribution in [0.3, 0.4) is 0 Å². The van der Waals surface area contributed by atoms with Crippen molar-refractivity contribution in [1.29, 1.82) is 0 Å². The van der Waals surface area contributed by atoms with Crippen molar-refractivity contribution in [1.82, 2.24) is 5.32 Å². The highest BCUT2D eigenvalue weighted by molar-refractivity contribution is 8.00. The molecule has 1 aliphatic rings. The van der Waals surface area contributed by atoms with Gasteiger partial charge in [-0.1, -0.05) is 6.92 Å². The van der Waals surface area contributed by atoms with Crippen molar-refractivity contribution >= 4 is 11.8 Å². The second-order valence-corrected chi connectivity index (χ2v) is 6.43. The summed E-state index contributed by atoms with van der Waals surface area (Å²) in [6.45, 7) is 2.39. The standard InChI is InChI=1S/C14H19F2NOS/c1-9(4-5-18)19-14-12(15)6-10(7-13(14)16)8-17-11-2-3-11/h6-7,9,11,17-18H,2-5,8H2,1H3. The van der Waals surface area contributed by atoms with Gasteiger partial charge in [-0.05, 0) is 37.0 Å². The van der Waals surface area contributed by atoms with Crippen LogP contribution in [-0.4, -0.2) is 23.0 Å². The Hall–Kier alpha value is -0.650. The fraction of sp³-hybridized carbons (Fsp3) is 0.571. The lowest BCUT2D eigenvalue weighted by Gasteiger charge is -2.12. The predicted molar refractivity (Wildman–Crippen MR) is 73.2 cm³/mol. The second kappa shape index (κ2) is 6.68. The predicted octanol–water partition coefficient (Wildman–Crippen LogP) is 3.08. The summed E-state index contributed by atoms with van der Waals surface area (Å²) in [5.74, 6) is -1.02. The summed E-state index contributed by atoms with van der Waals surface area (Å²) in [7, 11) is 0. The zero-order valence-electron chi connectivity index (χ0n) is 11.0. The minimum Gasteiger partial charge on any atom is -0.396 e. The van der Waals surface area contributed by atoms with Crippen molar-refractivity contribution in [3.63, 3.8) is 0 Å². The first-order chi connectivity index (χ1) is 9.10. The van der Waals surface area contributed by atoms with Crippen LogP contribution in [0.5, 0.6) is 0 Å². The summed E-state index contributed by atoms with van der Waals surface area (Å²) in [5, 5.41) is 12.0. The van der Waals surface area contributed by atoms with Gasteiger partial charge in [0.1, 0.15) is 11.6 Å². The molecule has 0 aliphatic heterocycles. The Morgan fingerprint density at radius 3 is 2.53 bits per heavy atom. The van der Waals surface area contributed by atoms with Gasteiger partial charge in [-0.15, -0.1) is 11.8 Å². The van der Waals surface area contributed by atoms with Crippen LogP contribution in [0.4, 0.5) is 8.78 Å². The monoisotopic (exact) mass is 287 g/mol. The van der Waals surface area contributed by atoms with Crippen molar-refractivity contribution in [3.8, 4) is 0 Å². The molecule has 2 nitrogen and oxygen atoms in total. The molecular weight excluding hydrogens is 268 g/mol. The van der Waals surface area contributed by atoms with E-state index in [0.29, 0.717) is 24.6 Å². The lowest BCUT2D eigenvalue weighted by Crippen LogP contribution is -2.15. The van der Waals surface area contributed by atoms with Gasteiger partial charge in [0, 0.05) is 24.4 Å². The molecule has 19 heavy (non-hydrogen) atoms. The summed E-state index contributed by atoms with van der Waals surface area (Å²) in [4.78, 5) is 0.0520. The molecule has 1 aromatic carbocycles. The Balaban J connectivity index is 2.02. The quantitative estimate of drug-likeness (QED) is 0.756. The van der Waals surface area contributed by atoms with E-state index in [1.807, 2.05) is 6.92 Å². The van der Waals surface area contributed by atoms with Crippen LogP contribution in [0.1, 0.15) is 31.7 Å². The molecule has 106 valence electrons. The van der Waals surface area contributed by atoms with Gasteiger partial charge in [-0.2, -0.15) is 0 Å². The third-order valence-electron chi connectivity index (χ3n) is 3.08. The number of hydrogen-bond donors (Lipinski definition) is 2. The first-order valence-electron chi connectivity index (χ1n) is 6.59. The Kier molecular flexibility index (Phi) is 5.19. The molecule has 2 N–H and O–H groups in total. The van der Waals surface area contributed by atoms with Crippen LogP contribution in [0, 0.1) is 11.6 Å². The first-order valence-corrected chi connectivity index (χ1v) is 7.47. The smallest absolute Gasteiger partial charge is 0.140 e. The third-order valence-corrected chi connectivity index (χ3v) is 4.35. The normalized spacial score (nSPS) is 16.6. The molecule has 1 fully saturated rings. The van der Waals surface area contributed by atoms with E-state index in [0.717, 1.165) is 24.6 Å². The molecule has 0 amide bonds. The van der Waals surface area contributed by atoms with Crippen LogP contribution in [0.15, 0.2) is 17.0 Å². The second-order valence-electron chi connectivity index (χ2n) is 4.98. The molecule has 5 heteroatoms. The van der Waals surface area contributed by atoms with Crippen LogP contribution in [0.2, 0.25) is 0 Å². The van der Waals surface area contributed by atoms with E-state index in [-0.39, 0.29) is 16.8 Å². The summed E-state index contributed by atoms with van der Waals surface area (Å²) >= 11 is 1.14. The van der Waals surface area contributed by atoms with Gasteiger partial charge in [0.25, 0.3) is 0 Å². The van der Waals surface area contributed by atoms with E-state index in [9.17, 15) is 8.78 Å². The molecule has 0 bridgehead atoms. The van der Waals surface area contributed by atoms with Crippen molar-refractivity contribution in [2.75, 3.05) is 6.61 Å². The molecule has 1 atom stereocenters. The number of rotatable bonds is 7. The van der Waals surface area contributed by atoms with Gasteiger partial charge >= 0.3 is 0 Å². The Morgan fingerprint density at radius 1 is 1.37 bits per heavy atom. The van der Waals surface area contributed by atoms with Crippen LogP contribution in [-0.2, 0) is 6.54 Å². The fourth-order valence-corrected chi connectivity index (χ4v) is 2.79. The highest BCUT2D eigenvalue weighted by Gasteiger charge is 2.21. The maximum atomic E-state index is 13.9.